The van der Waals surface area contributed by atoms with Crippen molar-refractivity contribution < 1.29 is 5.11 Å². The van der Waals surface area contributed by atoms with E-state index in [2.05, 4.69) is 12.2 Å². The zero-order chi connectivity index (χ0) is 11.3. The maximum Gasteiger partial charge on any atom is 0.0468 e. The van der Waals surface area contributed by atoms with Gasteiger partial charge in [0.25, 0.3) is 0 Å². The number of aliphatic hydroxyl groups excluding tert-OH is 1. The van der Waals surface area contributed by atoms with Gasteiger partial charge in [0.05, 0.1) is 0 Å². The highest BCUT2D eigenvalue weighted by Crippen LogP contribution is 2.17. The minimum absolute atomic E-state index is 0.218. The Hall–Kier alpha value is -0.570. The van der Waals surface area contributed by atoms with Crippen LogP contribution < -0.4 is 5.32 Å². The van der Waals surface area contributed by atoms with Crippen LogP contribution in [0.3, 0.4) is 0 Å². The first-order valence-electron chi connectivity index (χ1n) is 5.23. The van der Waals surface area contributed by atoms with Crippen LogP contribution in [0.2, 0.25) is 5.02 Å². The first-order valence-corrected chi connectivity index (χ1v) is 5.61. The maximum atomic E-state index is 8.90. The highest BCUT2D eigenvalue weighted by atomic mass is 35.5. The summed E-state index contributed by atoms with van der Waals surface area (Å²) < 4.78 is 0. The van der Waals surface area contributed by atoms with E-state index in [0.29, 0.717) is 0 Å². The van der Waals surface area contributed by atoms with Crippen molar-refractivity contribution in [1.82, 2.24) is 5.32 Å². The SMILES string of the molecule is CC(CO)CNC(C)c1cccc(Cl)c1. The van der Waals surface area contributed by atoms with E-state index < -0.39 is 0 Å². The number of nitrogens with one attached hydrogen (secondary N) is 1. The van der Waals surface area contributed by atoms with Crippen molar-refractivity contribution in [1.29, 1.82) is 0 Å². The van der Waals surface area contributed by atoms with Gasteiger partial charge in [0, 0.05) is 24.2 Å². The smallest absolute Gasteiger partial charge is 0.0468 e. The van der Waals surface area contributed by atoms with Gasteiger partial charge in [0.15, 0.2) is 0 Å². The minimum Gasteiger partial charge on any atom is -0.396 e. The lowest BCUT2D eigenvalue weighted by Crippen LogP contribution is -2.26. The molecule has 2 atom stereocenters. The molecule has 0 bridgehead atoms. The van der Waals surface area contributed by atoms with E-state index in [1.165, 1.54) is 5.56 Å². The van der Waals surface area contributed by atoms with Crippen LogP contribution in [0, 0.1) is 5.92 Å². The topological polar surface area (TPSA) is 32.3 Å². The van der Waals surface area contributed by atoms with Crippen LogP contribution in [0.5, 0.6) is 0 Å². The molecule has 0 aromatic heterocycles. The molecule has 0 saturated carbocycles. The summed E-state index contributed by atoms with van der Waals surface area (Å²) >= 11 is 5.91. The molecule has 0 aliphatic carbocycles. The van der Waals surface area contributed by atoms with Gasteiger partial charge in [-0.25, -0.2) is 0 Å². The molecule has 0 saturated heterocycles. The van der Waals surface area contributed by atoms with Crippen LogP contribution in [-0.2, 0) is 0 Å². The molecule has 15 heavy (non-hydrogen) atoms. The molecule has 2 N–H and O–H groups in total. The standard InChI is InChI=1S/C12H18ClNO/c1-9(8-15)7-14-10(2)11-4-3-5-12(13)6-11/h3-6,9-10,14-15H,7-8H2,1-2H3. The van der Waals surface area contributed by atoms with Gasteiger partial charge >= 0.3 is 0 Å². The maximum absolute atomic E-state index is 8.90. The van der Waals surface area contributed by atoms with Crippen molar-refractivity contribution in [2.45, 2.75) is 19.9 Å². The predicted molar refractivity (Wildman–Crippen MR) is 64.1 cm³/mol. The molecular formula is C12H18ClNO. The summed E-state index contributed by atoms with van der Waals surface area (Å²) in [4.78, 5) is 0. The molecule has 1 rings (SSSR count). The minimum atomic E-state index is 0.218. The summed E-state index contributed by atoms with van der Waals surface area (Å²) in [5.41, 5.74) is 1.17. The van der Waals surface area contributed by atoms with Crippen LogP contribution in [-0.4, -0.2) is 18.3 Å². The van der Waals surface area contributed by atoms with E-state index in [4.69, 9.17) is 16.7 Å². The average Bonchev–Trinajstić information content (AvgIpc) is 2.25. The molecule has 1 aromatic rings. The summed E-state index contributed by atoms with van der Waals surface area (Å²) in [5, 5.41) is 13.0. The van der Waals surface area contributed by atoms with E-state index in [1.807, 2.05) is 31.2 Å². The molecule has 1 aromatic carbocycles. The highest BCUT2D eigenvalue weighted by molar-refractivity contribution is 6.30. The Morgan fingerprint density at radius 2 is 2.13 bits per heavy atom. The molecule has 0 radical (unpaired) electrons. The molecule has 0 spiro atoms. The van der Waals surface area contributed by atoms with Gasteiger partial charge in [-0.05, 0) is 30.5 Å². The van der Waals surface area contributed by atoms with Crippen molar-refractivity contribution in [2.75, 3.05) is 13.2 Å². The Labute approximate surface area is 96.3 Å². The summed E-state index contributed by atoms with van der Waals surface area (Å²) in [6.07, 6.45) is 0. The molecule has 2 nitrogen and oxygen atoms in total. The second-order valence-electron chi connectivity index (χ2n) is 3.97. The second kappa shape index (κ2) is 6.11. The lowest BCUT2D eigenvalue weighted by molar-refractivity contribution is 0.231. The Morgan fingerprint density at radius 1 is 1.40 bits per heavy atom. The average molecular weight is 228 g/mol. The number of benzene rings is 1. The van der Waals surface area contributed by atoms with Gasteiger partial charge in [-0.15, -0.1) is 0 Å². The highest BCUT2D eigenvalue weighted by Gasteiger charge is 2.06. The Morgan fingerprint density at radius 3 is 2.73 bits per heavy atom. The number of hydrogen-bond acceptors (Lipinski definition) is 2. The summed E-state index contributed by atoms with van der Waals surface area (Å²) in [6.45, 7) is 5.13. The Bertz CT molecular complexity index is 303. The zero-order valence-electron chi connectivity index (χ0n) is 9.20. The number of aliphatic hydroxyl groups is 1. The Kier molecular flexibility index (Phi) is 5.09. The number of halogens is 1. The van der Waals surface area contributed by atoms with E-state index in [-0.39, 0.29) is 18.6 Å². The fourth-order valence-corrected chi connectivity index (χ4v) is 1.54. The van der Waals surface area contributed by atoms with Crippen molar-refractivity contribution >= 4 is 11.6 Å². The van der Waals surface area contributed by atoms with Gasteiger partial charge in [0.1, 0.15) is 0 Å². The van der Waals surface area contributed by atoms with Crippen molar-refractivity contribution in [3.8, 4) is 0 Å². The quantitative estimate of drug-likeness (QED) is 0.811. The fraction of sp³-hybridized carbons (Fsp3) is 0.500. The molecular weight excluding hydrogens is 210 g/mol. The van der Waals surface area contributed by atoms with E-state index in [1.54, 1.807) is 0 Å². The van der Waals surface area contributed by atoms with Crippen molar-refractivity contribution in [2.24, 2.45) is 5.92 Å². The van der Waals surface area contributed by atoms with Crippen LogP contribution in [0.4, 0.5) is 0 Å². The molecule has 84 valence electrons. The molecule has 0 fully saturated rings. The first kappa shape index (κ1) is 12.5. The van der Waals surface area contributed by atoms with Crippen LogP contribution in [0.15, 0.2) is 24.3 Å². The normalized spacial score (nSPS) is 14.9. The Balaban J connectivity index is 2.50. The van der Waals surface area contributed by atoms with Gasteiger partial charge in [0.2, 0.25) is 0 Å². The van der Waals surface area contributed by atoms with Gasteiger partial charge in [-0.3, -0.25) is 0 Å². The van der Waals surface area contributed by atoms with Crippen LogP contribution >= 0.6 is 11.6 Å². The van der Waals surface area contributed by atoms with Crippen LogP contribution in [0.25, 0.3) is 0 Å². The molecule has 3 heteroatoms. The molecule has 0 amide bonds. The van der Waals surface area contributed by atoms with Crippen molar-refractivity contribution in [3.63, 3.8) is 0 Å². The van der Waals surface area contributed by atoms with Gasteiger partial charge in [-0.2, -0.15) is 0 Å². The van der Waals surface area contributed by atoms with Gasteiger partial charge < -0.3 is 10.4 Å². The molecule has 0 aliphatic heterocycles. The molecule has 2 unspecified atom stereocenters. The second-order valence-corrected chi connectivity index (χ2v) is 4.41. The third kappa shape index (κ3) is 4.20. The van der Waals surface area contributed by atoms with E-state index >= 15 is 0 Å². The van der Waals surface area contributed by atoms with Gasteiger partial charge in [-0.1, -0.05) is 30.7 Å². The first-order chi connectivity index (χ1) is 7.13. The third-order valence-corrected chi connectivity index (χ3v) is 2.67. The van der Waals surface area contributed by atoms with Crippen LogP contribution in [0.1, 0.15) is 25.5 Å². The monoisotopic (exact) mass is 227 g/mol. The molecule has 0 heterocycles. The lowest BCUT2D eigenvalue weighted by Gasteiger charge is -2.17. The van der Waals surface area contributed by atoms with E-state index in [9.17, 15) is 0 Å². The lowest BCUT2D eigenvalue weighted by atomic mass is 10.1. The number of hydrogen-bond donors (Lipinski definition) is 2. The third-order valence-electron chi connectivity index (χ3n) is 2.43. The largest absolute Gasteiger partial charge is 0.396 e. The van der Waals surface area contributed by atoms with E-state index in [0.717, 1.165) is 11.6 Å². The fourth-order valence-electron chi connectivity index (χ4n) is 1.34. The zero-order valence-corrected chi connectivity index (χ0v) is 9.96. The number of rotatable bonds is 5. The predicted octanol–water partition coefficient (Wildman–Crippen LogP) is 2.62. The summed E-state index contributed by atoms with van der Waals surface area (Å²) in [6, 6.07) is 8.09. The molecule has 0 aliphatic rings. The summed E-state index contributed by atoms with van der Waals surface area (Å²) in [5.74, 6) is 0.284. The van der Waals surface area contributed by atoms with Crippen molar-refractivity contribution in [3.05, 3.63) is 34.9 Å². The summed E-state index contributed by atoms with van der Waals surface area (Å²) in [7, 11) is 0.